The van der Waals surface area contributed by atoms with Crippen LogP contribution in [-0.2, 0) is 6.61 Å². The van der Waals surface area contributed by atoms with Crippen LogP contribution in [-0.4, -0.2) is 37.0 Å². The SMILES string of the molecule is CNC1CCN(C(=O)c2cccc(OCc3cccc(Cl)c3)c2)CC1. The number of likely N-dealkylation sites (tertiary alicyclic amines) is 1. The number of carbonyl (C=O) groups excluding carboxylic acids is 1. The Kier molecular flexibility index (Phi) is 5.95. The zero-order valence-electron chi connectivity index (χ0n) is 14.4. The highest BCUT2D eigenvalue weighted by molar-refractivity contribution is 6.30. The molecule has 0 spiro atoms. The Bertz CT molecular complexity index is 727. The third-order valence-electron chi connectivity index (χ3n) is 4.57. The molecular weight excluding hydrogens is 336 g/mol. The van der Waals surface area contributed by atoms with E-state index in [-0.39, 0.29) is 5.91 Å². The lowest BCUT2D eigenvalue weighted by molar-refractivity contribution is 0.0707. The van der Waals surface area contributed by atoms with E-state index in [0.29, 0.717) is 29.0 Å². The van der Waals surface area contributed by atoms with Crippen molar-refractivity contribution in [3.8, 4) is 5.75 Å². The number of nitrogens with zero attached hydrogens (tertiary/aromatic N) is 1. The number of rotatable bonds is 5. The normalized spacial score (nSPS) is 15.2. The van der Waals surface area contributed by atoms with Gasteiger partial charge in [0.15, 0.2) is 0 Å². The number of hydrogen-bond donors (Lipinski definition) is 1. The molecule has 1 amide bonds. The van der Waals surface area contributed by atoms with Crippen LogP contribution in [0.3, 0.4) is 0 Å². The Morgan fingerprint density at radius 2 is 1.96 bits per heavy atom. The highest BCUT2D eigenvalue weighted by atomic mass is 35.5. The second kappa shape index (κ2) is 8.37. The van der Waals surface area contributed by atoms with E-state index >= 15 is 0 Å². The summed E-state index contributed by atoms with van der Waals surface area (Å²) >= 11 is 5.99. The Balaban J connectivity index is 1.62. The van der Waals surface area contributed by atoms with E-state index in [1.165, 1.54) is 0 Å². The van der Waals surface area contributed by atoms with Gasteiger partial charge in [-0.1, -0.05) is 29.8 Å². The van der Waals surface area contributed by atoms with Gasteiger partial charge in [0, 0.05) is 29.7 Å². The van der Waals surface area contributed by atoms with Gasteiger partial charge >= 0.3 is 0 Å². The fourth-order valence-electron chi connectivity index (χ4n) is 3.07. The molecule has 0 aromatic heterocycles. The fourth-order valence-corrected chi connectivity index (χ4v) is 3.28. The van der Waals surface area contributed by atoms with E-state index in [0.717, 1.165) is 31.5 Å². The number of ether oxygens (including phenoxy) is 1. The first kappa shape index (κ1) is 17.8. The monoisotopic (exact) mass is 358 g/mol. The number of halogens is 1. The van der Waals surface area contributed by atoms with Gasteiger partial charge in [-0.2, -0.15) is 0 Å². The van der Waals surface area contributed by atoms with Gasteiger partial charge in [0.05, 0.1) is 0 Å². The molecule has 0 unspecified atom stereocenters. The van der Waals surface area contributed by atoms with E-state index in [4.69, 9.17) is 16.3 Å². The van der Waals surface area contributed by atoms with Crippen molar-refractivity contribution in [1.29, 1.82) is 0 Å². The first-order chi connectivity index (χ1) is 12.2. The molecule has 1 heterocycles. The van der Waals surface area contributed by atoms with Crippen LogP contribution in [0.1, 0.15) is 28.8 Å². The number of amides is 1. The van der Waals surface area contributed by atoms with Crippen molar-refractivity contribution < 1.29 is 9.53 Å². The van der Waals surface area contributed by atoms with Gasteiger partial charge in [-0.05, 0) is 55.8 Å². The van der Waals surface area contributed by atoms with Gasteiger partial charge in [-0.25, -0.2) is 0 Å². The molecule has 1 fully saturated rings. The average Bonchev–Trinajstić information content (AvgIpc) is 2.66. The summed E-state index contributed by atoms with van der Waals surface area (Å²) in [6, 6.07) is 15.5. The van der Waals surface area contributed by atoms with Crippen LogP contribution in [0.2, 0.25) is 5.02 Å². The van der Waals surface area contributed by atoms with E-state index in [2.05, 4.69) is 5.32 Å². The Hall–Kier alpha value is -2.04. The van der Waals surface area contributed by atoms with Gasteiger partial charge in [0.2, 0.25) is 0 Å². The molecule has 132 valence electrons. The summed E-state index contributed by atoms with van der Waals surface area (Å²) in [5.74, 6) is 0.763. The van der Waals surface area contributed by atoms with Crippen LogP contribution in [0.15, 0.2) is 48.5 Å². The summed E-state index contributed by atoms with van der Waals surface area (Å²) in [7, 11) is 1.98. The predicted molar refractivity (Wildman–Crippen MR) is 100 cm³/mol. The topological polar surface area (TPSA) is 41.6 Å². The smallest absolute Gasteiger partial charge is 0.253 e. The van der Waals surface area contributed by atoms with Gasteiger partial charge in [-0.15, -0.1) is 0 Å². The lowest BCUT2D eigenvalue weighted by Crippen LogP contribution is -2.43. The molecule has 1 aliphatic rings. The Labute approximate surface area is 153 Å². The van der Waals surface area contributed by atoms with Crippen molar-refractivity contribution in [3.05, 3.63) is 64.7 Å². The summed E-state index contributed by atoms with van der Waals surface area (Å²) in [6.07, 6.45) is 1.99. The molecule has 25 heavy (non-hydrogen) atoms. The molecule has 1 aliphatic heterocycles. The van der Waals surface area contributed by atoms with Crippen molar-refractivity contribution in [2.45, 2.75) is 25.5 Å². The van der Waals surface area contributed by atoms with Crippen LogP contribution in [0.25, 0.3) is 0 Å². The number of hydrogen-bond acceptors (Lipinski definition) is 3. The number of carbonyl (C=O) groups is 1. The van der Waals surface area contributed by atoms with E-state index in [9.17, 15) is 4.79 Å². The fraction of sp³-hybridized carbons (Fsp3) is 0.350. The third-order valence-corrected chi connectivity index (χ3v) is 4.80. The van der Waals surface area contributed by atoms with Gasteiger partial charge < -0.3 is 15.0 Å². The Morgan fingerprint density at radius 1 is 1.20 bits per heavy atom. The van der Waals surface area contributed by atoms with E-state index in [1.807, 2.05) is 60.5 Å². The van der Waals surface area contributed by atoms with Crippen molar-refractivity contribution in [2.75, 3.05) is 20.1 Å². The average molecular weight is 359 g/mol. The predicted octanol–water partition coefficient (Wildman–Crippen LogP) is 3.74. The third kappa shape index (κ3) is 4.74. The van der Waals surface area contributed by atoms with Crippen LogP contribution in [0.4, 0.5) is 0 Å². The minimum atomic E-state index is 0.0720. The van der Waals surface area contributed by atoms with Crippen molar-refractivity contribution in [1.82, 2.24) is 10.2 Å². The molecule has 3 rings (SSSR count). The summed E-state index contributed by atoms with van der Waals surface area (Å²) in [6.45, 7) is 2.00. The number of piperidine rings is 1. The molecule has 0 bridgehead atoms. The zero-order chi connectivity index (χ0) is 17.6. The first-order valence-corrected chi connectivity index (χ1v) is 8.97. The molecule has 1 N–H and O–H groups in total. The van der Waals surface area contributed by atoms with Crippen LogP contribution < -0.4 is 10.1 Å². The van der Waals surface area contributed by atoms with Gasteiger partial charge in [0.25, 0.3) is 5.91 Å². The van der Waals surface area contributed by atoms with Crippen molar-refractivity contribution >= 4 is 17.5 Å². The molecule has 0 aliphatic carbocycles. The van der Waals surface area contributed by atoms with Gasteiger partial charge in [0.1, 0.15) is 12.4 Å². The van der Waals surface area contributed by atoms with E-state index < -0.39 is 0 Å². The first-order valence-electron chi connectivity index (χ1n) is 8.59. The van der Waals surface area contributed by atoms with Crippen LogP contribution in [0.5, 0.6) is 5.75 Å². The molecule has 4 nitrogen and oxygen atoms in total. The molecule has 1 saturated heterocycles. The maximum atomic E-state index is 12.7. The number of benzene rings is 2. The maximum Gasteiger partial charge on any atom is 0.253 e. The molecular formula is C20H23ClN2O2. The zero-order valence-corrected chi connectivity index (χ0v) is 15.1. The quantitative estimate of drug-likeness (QED) is 0.885. The van der Waals surface area contributed by atoms with Crippen molar-refractivity contribution in [3.63, 3.8) is 0 Å². The molecule has 0 radical (unpaired) electrons. The van der Waals surface area contributed by atoms with Crippen LogP contribution in [0, 0.1) is 0 Å². The maximum absolute atomic E-state index is 12.7. The van der Waals surface area contributed by atoms with E-state index in [1.54, 1.807) is 0 Å². The number of nitrogens with one attached hydrogen (secondary N) is 1. The molecule has 2 aromatic rings. The molecule has 2 aromatic carbocycles. The highest BCUT2D eigenvalue weighted by Gasteiger charge is 2.22. The Morgan fingerprint density at radius 3 is 2.68 bits per heavy atom. The molecule has 0 saturated carbocycles. The van der Waals surface area contributed by atoms with Crippen molar-refractivity contribution in [2.24, 2.45) is 0 Å². The summed E-state index contributed by atoms with van der Waals surface area (Å²) in [5.41, 5.74) is 1.67. The second-order valence-corrected chi connectivity index (χ2v) is 6.74. The second-order valence-electron chi connectivity index (χ2n) is 6.30. The minimum absolute atomic E-state index is 0.0720. The highest BCUT2D eigenvalue weighted by Crippen LogP contribution is 2.19. The standard InChI is InChI=1S/C20H23ClN2O2/c1-22-18-8-10-23(11-9-18)20(24)16-5-3-7-19(13-16)25-14-15-4-2-6-17(21)12-15/h2-7,12-13,18,22H,8-11,14H2,1H3. The largest absolute Gasteiger partial charge is 0.489 e. The lowest BCUT2D eigenvalue weighted by atomic mass is 10.0. The minimum Gasteiger partial charge on any atom is -0.489 e. The lowest BCUT2D eigenvalue weighted by Gasteiger charge is -2.31. The van der Waals surface area contributed by atoms with Gasteiger partial charge in [-0.3, -0.25) is 4.79 Å². The summed E-state index contributed by atoms with van der Waals surface area (Å²) in [4.78, 5) is 14.6. The summed E-state index contributed by atoms with van der Waals surface area (Å²) in [5, 5.41) is 3.97. The van der Waals surface area contributed by atoms with Crippen LogP contribution >= 0.6 is 11.6 Å². The molecule has 5 heteroatoms. The molecule has 0 atom stereocenters. The summed E-state index contributed by atoms with van der Waals surface area (Å²) < 4.78 is 5.82.